The number of carbonyl (C=O) groups excluding carboxylic acids is 2. The van der Waals surface area contributed by atoms with E-state index in [2.05, 4.69) is 10.6 Å². The number of nitrogens with one attached hydrogen (secondary N) is 2. The van der Waals surface area contributed by atoms with Crippen LogP contribution in [0.25, 0.3) is 0 Å². The number of halogens is 3. The topological polar surface area (TPSA) is 87.7 Å². The molecule has 0 aliphatic heterocycles. The van der Waals surface area contributed by atoms with Crippen LogP contribution in [-0.4, -0.2) is 35.2 Å². The first kappa shape index (κ1) is 21.3. The van der Waals surface area contributed by atoms with E-state index in [9.17, 15) is 23.5 Å². The van der Waals surface area contributed by atoms with Gasteiger partial charge in [0.2, 0.25) is 0 Å². The Morgan fingerprint density at radius 2 is 1.87 bits per heavy atom. The molecule has 3 aliphatic carbocycles. The van der Waals surface area contributed by atoms with Crippen molar-refractivity contribution in [1.29, 1.82) is 0 Å². The summed E-state index contributed by atoms with van der Waals surface area (Å²) in [5, 5.41) is 16.0. The molecule has 31 heavy (non-hydrogen) atoms. The highest BCUT2D eigenvalue weighted by Crippen LogP contribution is 2.47. The predicted octanol–water partition coefficient (Wildman–Crippen LogP) is 3.09. The number of hydrogen-bond donors (Lipinski definition) is 3. The van der Waals surface area contributed by atoms with E-state index in [4.69, 9.17) is 16.3 Å². The highest BCUT2D eigenvalue weighted by atomic mass is 35.5. The van der Waals surface area contributed by atoms with Crippen molar-refractivity contribution >= 4 is 23.4 Å². The zero-order valence-electron chi connectivity index (χ0n) is 16.3. The fourth-order valence-corrected chi connectivity index (χ4v) is 4.05. The molecule has 2 aromatic rings. The molecule has 9 heteroatoms. The standard InChI is InChI=1S/C22H19ClF2N2O4/c23-16-6-5-15(7-17(16)25)31-11-19(29)26-20-13-8-22(9-13,10-18(20)28)27-21(30)12-1-3-14(24)4-2-12/h1-7,18,28H,8-11H2,(H,26,29)(H,27,30). The van der Waals surface area contributed by atoms with Gasteiger partial charge < -0.3 is 20.5 Å². The Kier molecular flexibility index (Phi) is 5.68. The summed E-state index contributed by atoms with van der Waals surface area (Å²) < 4.78 is 31.7. The summed E-state index contributed by atoms with van der Waals surface area (Å²) in [4.78, 5) is 24.6. The molecule has 5 rings (SSSR count). The molecule has 0 aromatic heterocycles. The second-order valence-electron chi connectivity index (χ2n) is 7.74. The van der Waals surface area contributed by atoms with Crippen molar-refractivity contribution in [1.82, 2.24) is 10.6 Å². The van der Waals surface area contributed by atoms with E-state index >= 15 is 0 Å². The number of aliphatic hydroxyl groups excluding tert-OH is 1. The minimum absolute atomic E-state index is 0.0472. The summed E-state index contributed by atoms with van der Waals surface area (Å²) in [5.74, 6) is -1.76. The molecule has 2 amide bonds. The number of benzene rings is 2. The largest absolute Gasteiger partial charge is 0.484 e. The van der Waals surface area contributed by atoms with E-state index in [0.717, 1.165) is 11.6 Å². The maximum absolute atomic E-state index is 13.4. The van der Waals surface area contributed by atoms with Gasteiger partial charge in [-0.05, 0) is 54.8 Å². The third-order valence-corrected chi connectivity index (χ3v) is 5.73. The lowest BCUT2D eigenvalue weighted by Crippen LogP contribution is -2.61. The summed E-state index contributed by atoms with van der Waals surface area (Å²) in [7, 11) is 0. The lowest BCUT2D eigenvalue weighted by atomic mass is 9.63. The van der Waals surface area contributed by atoms with Crippen molar-refractivity contribution in [2.75, 3.05) is 6.61 Å². The minimum atomic E-state index is -0.956. The Morgan fingerprint density at radius 3 is 2.52 bits per heavy atom. The van der Waals surface area contributed by atoms with Gasteiger partial charge in [0.15, 0.2) is 6.61 Å². The third kappa shape index (κ3) is 4.55. The van der Waals surface area contributed by atoms with Crippen LogP contribution in [0.4, 0.5) is 8.78 Å². The molecular weight excluding hydrogens is 430 g/mol. The molecule has 3 aliphatic rings. The van der Waals surface area contributed by atoms with Crippen LogP contribution in [0.5, 0.6) is 5.75 Å². The van der Waals surface area contributed by atoms with Crippen LogP contribution < -0.4 is 15.4 Å². The number of hydrogen-bond acceptors (Lipinski definition) is 4. The molecule has 1 saturated carbocycles. The van der Waals surface area contributed by atoms with Crippen molar-refractivity contribution in [2.45, 2.75) is 30.9 Å². The molecular formula is C22H19ClF2N2O4. The van der Waals surface area contributed by atoms with Crippen LogP contribution >= 0.6 is 11.6 Å². The average Bonchev–Trinajstić information content (AvgIpc) is 2.70. The zero-order valence-corrected chi connectivity index (χ0v) is 17.0. The van der Waals surface area contributed by atoms with Gasteiger partial charge in [0, 0.05) is 23.7 Å². The fourth-order valence-electron chi connectivity index (χ4n) is 3.93. The van der Waals surface area contributed by atoms with Crippen molar-refractivity contribution < 1.29 is 28.2 Å². The van der Waals surface area contributed by atoms with Gasteiger partial charge in [0.05, 0.1) is 16.7 Å². The highest BCUT2D eigenvalue weighted by Gasteiger charge is 2.50. The van der Waals surface area contributed by atoms with Crippen LogP contribution in [0.3, 0.4) is 0 Å². The second-order valence-corrected chi connectivity index (χ2v) is 8.15. The summed E-state index contributed by atoms with van der Waals surface area (Å²) in [6.07, 6.45) is 0.275. The Morgan fingerprint density at radius 1 is 1.16 bits per heavy atom. The third-order valence-electron chi connectivity index (χ3n) is 5.42. The molecule has 3 N–H and O–H groups in total. The smallest absolute Gasteiger partial charge is 0.262 e. The quantitative estimate of drug-likeness (QED) is 0.633. The van der Waals surface area contributed by atoms with E-state index in [1.165, 1.54) is 36.4 Å². The number of rotatable bonds is 6. The van der Waals surface area contributed by atoms with Crippen LogP contribution in [-0.2, 0) is 4.79 Å². The average molecular weight is 449 g/mol. The first-order valence-corrected chi connectivity index (χ1v) is 9.98. The molecule has 1 unspecified atom stereocenters. The molecule has 0 radical (unpaired) electrons. The van der Waals surface area contributed by atoms with E-state index < -0.39 is 29.2 Å². The van der Waals surface area contributed by atoms with E-state index in [1.54, 1.807) is 0 Å². The lowest BCUT2D eigenvalue weighted by molar-refractivity contribution is -0.123. The number of aliphatic hydroxyl groups is 1. The Balaban J connectivity index is 1.34. The Bertz CT molecular complexity index is 1060. The number of amides is 2. The summed E-state index contributed by atoms with van der Waals surface area (Å²) >= 11 is 5.61. The zero-order chi connectivity index (χ0) is 22.2. The SMILES string of the molecule is O=C(COc1ccc(Cl)c(F)c1)NC1=C2CC(NC(=O)c3ccc(F)cc3)(C2)CC1O. The lowest BCUT2D eigenvalue weighted by Gasteiger charge is -2.51. The molecule has 0 spiro atoms. The van der Waals surface area contributed by atoms with E-state index in [-0.39, 0.29) is 29.7 Å². The maximum Gasteiger partial charge on any atom is 0.262 e. The molecule has 0 heterocycles. The predicted molar refractivity (Wildman–Crippen MR) is 109 cm³/mol. The van der Waals surface area contributed by atoms with Crippen molar-refractivity contribution in [3.63, 3.8) is 0 Å². The van der Waals surface area contributed by atoms with Gasteiger partial charge in [-0.3, -0.25) is 9.59 Å². The molecule has 2 bridgehead atoms. The number of carbonyl (C=O) groups is 2. The summed E-state index contributed by atoms with van der Waals surface area (Å²) in [6.45, 7) is -0.364. The van der Waals surface area contributed by atoms with Crippen LogP contribution in [0.15, 0.2) is 53.7 Å². The first-order chi connectivity index (χ1) is 14.7. The highest BCUT2D eigenvalue weighted by molar-refractivity contribution is 6.30. The van der Waals surface area contributed by atoms with Crippen molar-refractivity contribution in [3.05, 3.63) is 76.0 Å². The van der Waals surface area contributed by atoms with Crippen LogP contribution in [0.1, 0.15) is 29.6 Å². The monoisotopic (exact) mass is 448 g/mol. The van der Waals surface area contributed by atoms with E-state index in [1.807, 2.05) is 0 Å². The molecule has 0 saturated heterocycles. The van der Waals surface area contributed by atoms with Gasteiger partial charge in [-0.25, -0.2) is 8.78 Å². The molecule has 1 atom stereocenters. The van der Waals surface area contributed by atoms with Gasteiger partial charge >= 0.3 is 0 Å². The minimum Gasteiger partial charge on any atom is -0.484 e. The summed E-state index contributed by atoms with van der Waals surface area (Å²) in [5.41, 5.74) is 0.988. The van der Waals surface area contributed by atoms with Gasteiger partial charge in [-0.15, -0.1) is 0 Å². The van der Waals surface area contributed by atoms with Gasteiger partial charge in [0.25, 0.3) is 11.8 Å². The molecule has 6 nitrogen and oxygen atoms in total. The summed E-state index contributed by atoms with van der Waals surface area (Å²) in [6, 6.07) is 9.07. The number of fused-ring (bicyclic) bond motifs is 2. The van der Waals surface area contributed by atoms with Crippen molar-refractivity contribution in [2.24, 2.45) is 0 Å². The van der Waals surface area contributed by atoms with Gasteiger partial charge in [-0.2, -0.15) is 0 Å². The molecule has 162 valence electrons. The molecule has 1 fully saturated rings. The molecule has 2 aromatic carbocycles. The first-order valence-electron chi connectivity index (χ1n) is 9.60. The maximum atomic E-state index is 13.4. The van der Waals surface area contributed by atoms with Crippen molar-refractivity contribution in [3.8, 4) is 5.75 Å². The number of ether oxygens (including phenoxy) is 1. The van der Waals surface area contributed by atoms with E-state index in [0.29, 0.717) is 24.1 Å². The van der Waals surface area contributed by atoms with Gasteiger partial charge in [0.1, 0.15) is 17.4 Å². The Hall–Kier alpha value is -2.97. The second kappa shape index (κ2) is 8.28. The van der Waals surface area contributed by atoms with Gasteiger partial charge in [-0.1, -0.05) is 11.6 Å². The van der Waals surface area contributed by atoms with Crippen LogP contribution in [0, 0.1) is 11.6 Å². The Labute approximate surface area is 181 Å². The fraction of sp³-hybridized carbons (Fsp3) is 0.273. The normalized spacial score (nSPS) is 21.9. The van der Waals surface area contributed by atoms with Crippen LogP contribution in [0.2, 0.25) is 5.02 Å².